The first kappa shape index (κ1) is 12.8. The van der Waals surface area contributed by atoms with E-state index in [-0.39, 0.29) is 0 Å². The van der Waals surface area contributed by atoms with Gasteiger partial charge in [0.2, 0.25) is 0 Å². The van der Waals surface area contributed by atoms with Gasteiger partial charge in [-0.2, -0.15) is 0 Å². The third kappa shape index (κ3) is 3.23. The predicted octanol–water partition coefficient (Wildman–Crippen LogP) is 2.28. The SMILES string of the molecule is c1ccc(-c2nc(CNCc3ccncn3)cs2)nc1. The number of hydrogen-bond donors (Lipinski definition) is 1. The average Bonchev–Trinajstić information content (AvgIpc) is 2.98. The molecule has 1 N–H and O–H groups in total. The van der Waals surface area contributed by atoms with Crippen LogP contribution in [0, 0.1) is 0 Å². The van der Waals surface area contributed by atoms with Gasteiger partial charge in [-0.05, 0) is 18.2 Å². The molecule has 0 amide bonds. The van der Waals surface area contributed by atoms with Crippen molar-refractivity contribution in [1.29, 1.82) is 0 Å². The Bertz CT molecular complexity index is 654. The van der Waals surface area contributed by atoms with E-state index in [1.165, 1.54) is 0 Å². The third-order valence-electron chi connectivity index (χ3n) is 2.69. The molecule has 0 fully saturated rings. The van der Waals surface area contributed by atoms with Gasteiger partial charge in [0.25, 0.3) is 0 Å². The molecule has 0 unspecified atom stereocenters. The van der Waals surface area contributed by atoms with Gasteiger partial charge in [0.1, 0.15) is 11.3 Å². The fourth-order valence-corrected chi connectivity index (χ4v) is 2.53. The summed E-state index contributed by atoms with van der Waals surface area (Å²) in [4.78, 5) is 16.9. The molecular weight excluding hydrogens is 270 g/mol. The van der Waals surface area contributed by atoms with Crippen LogP contribution in [0.4, 0.5) is 0 Å². The van der Waals surface area contributed by atoms with Crippen molar-refractivity contribution in [2.24, 2.45) is 0 Å². The summed E-state index contributed by atoms with van der Waals surface area (Å²) in [6.07, 6.45) is 5.08. The van der Waals surface area contributed by atoms with Crippen molar-refractivity contribution >= 4 is 11.3 Å². The minimum Gasteiger partial charge on any atom is -0.305 e. The number of hydrogen-bond acceptors (Lipinski definition) is 6. The van der Waals surface area contributed by atoms with Crippen LogP contribution in [0.25, 0.3) is 10.7 Å². The lowest BCUT2D eigenvalue weighted by Gasteiger charge is -2.01. The molecular formula is C14H13N5S. The zero-order valence-corrected chi connectivity index (χ0v) is 11.5. The highest BCUT2D eigenvalue weighted by atomic mass is 32.1. The van der Waals surface area contributed by atoms with Gasteiger partial charge in [0, 0.05) is 30.9 Å². The molecule has 6 heteroatoms. The lowest BCUT2D eigenvalue weighted by Crippen LogP contribution is -2.13. The quantitative estimate of drug-likeness (QED) is 0.778. The Morgan fingerprint density at radius 3 is 2.75 bits per heavy atom. The molecule has 0 aliphatic rings. The zero-order valence-electron chi connectivity index (χ0n) is 10.7. The Morgan fingerprint density at radius 2 is 1.95 bits per heavy atom. The number of aromatic nitrogens is 4. The first-order valence-corrected chi connectivity index (χ1v) is 7.11. The molecule has 0 spiro atoms. The van der Waals surface area contributed by atoms with Crippen molar-refractivity contribution in [3.63, 3.8) is 0 Å². The molecule has 100 valence electrons. The van der Waals surface area contributed by atoms with E-state index in [9.17, 15) is 0 Å². The van der Waals surface area contributed by atoms with E-state index in [2.05, 4.69) is 30.6 Å². The van der Waals surface area contributed by atoms with Crippen LogP contribution in [-0.2, 0) is 13.1 Å². The van der Waals surface area contributed by atoms with Gasteiger partial charge >= 0.3 is 0 Å². The Morgan fingerprint density at radius 1 is 1.00 bits per heavy atom. The van der Waals surface area contributed by atoms with E-state index in [4.69, 9.17) is 0 Å². The minimum atomic E-state index is 0.707. The molecule has 0 saturated heterocycles. The summed E-state index contributed by atoms with van der Waals surface area (Å²) in [6.45, 7) is 1.42. The maximum atomic E-state index is 4.57. The summed E-state index contributed by atoms with van der Waals surface area (Å²) in [7, 11) is 0. The standard InChI is InChI=1S/C14H13N5S/c1-2-5-17-13(3-1)14-19-12(9-20-14)8-16-7-11-4-6-15-10-18-11/h1-6,9-10,16H,7-8H2. The van der Waals surface area contributed by atoms with E-state index in [0.29, 0.717) is 13.1 Å². The fraction of sp³-hybridized carbons (Fsp3) is 0.143. The first-order valence-electron chi connectivity index (χ1n) is 6.23. The predicted molar refractivity (Wildman–Crippen MR) is 77.9 cm³/mol. The third-order valence-corrected chi connectivity index (χ3v) is 3.60. The summed E-state index contributed by atoms with van der Waals surface area (Å²) in [6, 6.07) is 7.74. The molecule has 5 nitrogen and oxygen atoms in total. The number of rotatable bonds is 5. The van der Waals surface area contributed by atoms with Crippen molar-refractivity contribution in [3.8, 4) is 10.7 Å². The second-order valence-corrected chi connectivity index (χ2v) is 5.02. The largest absolute Gasteiger partial charge is 0.305 e. The van der Waals surface area contributed by atoms with Gasteiger partial charge in [-0.25, -0.2) is 15.0 Å². The van der Waals surface area contributed by atoms with Gasteiger partial charge in [0.15, 0.2) is 0 Å². The lowest BCUT2D eigenvalue weighted by atomic mass is 10.3. The summed E-state index contributed by atoms with van der Waals surface area (Å²) in [5, 5.41) is 6.32. The molecule has 20 heavy (non-hydrogen) atoms. The molecule has 0 bridgehead atoms. The second kappa shape index (κ2) is 6.31. The van der Waals surface area contributed by atoms with Crippen LogP contribution in [0.1, 0.15) is 11.4 Å². The molecule has 0 radical (unpaired) electrons. The van der Waals surface area contributed by atoms with E-state index in [1.807, 2.05) is 24.3 Å². The lowest BCUT2D eigenvalue weighted by molar-refractivity contribution is 0.668. The molecule has 0 aliphatic carbocycles. The molecule has 0 saturated carbocycles. The maximum absolute atomic E-state index is 4.57. The molecule has 0 aliphatic heterocycles. The molecule has 3 heterocycles. The van der Waals surface area contributed by atoms with Crippen molar-refractivity contribution in [2.75, 3.05) is 0 Å². The van der Waals surface area contributed by atoms with Crippen LogP contribution in [0.2, 0.25) is 0 Å². The summed E-state index contributed by atoms with van der Waals surface area (Å²) in [5.74, 6) is 0. The monoisotopic (exact) mass is 283 g/mol. The van der Waals surface area contributed by atoms with Crippen LogP contribution >= 0.6 is 11.3 Å². The normalized spacial score (nSPS) is 10.6. The van der Waals surface area contributed by atoms with E-state index >= 15 is 0 Å². The number of nitrogens with zero attached hydrogens (tertiary/aromatic N) is 4. The van der Waals surface area contributed by atoms with E-state index < -0.39 is 0 Å². The fourth-order valence-electron chi connectivity index (χ4n) is 1.74. The number of nitrogens with one attached hydrogen (secondary N) is 1. The van der Waals surface area contributed by atoms with Crippen molar-refractivity contribution < 1.29 is 0 Å². The van der Waals surface area contributed by atoms with Crippen LogP contribution in [0.15, 0.2) is 48.4 Å². The van der Waals surface area contributed by atoms with Crippen molar-refractivity contribution in [3.05, 3.63) is 59.8 Å². The van der Waals surface area contributed by atoms with Gasteiger partial charge < -0.3 is 5.32 Å². The first-order chi connectivity index (χ1) is 9.92. The molecule has 3 aromatic heterocycles. The average molecular weight is 283 g/mol. The topological polar surface area (TPSA) is 63.6 Å². The molecule has 3 aromatic rings. The van der Waals surface area contributed by atoms with Gasteiger partial charge in [-0.15, -0.1) is 11.3 Å². The maximum Gasteiger partial charge on any atom is 0.142 e. The zero-order chi connectivity index (χ0) is 13.6. The Labute approximate surface area is 120 Å². The minimum absolute atomic E-state index is 0.707. The Hall–Kier alpha value is -2.18. The second-order valence-electron chi connectivity index (χ2n) is 4.16. The molecule has 0 atom stereocenters. The smallest absolute Gasteiger partial charge is 0.142 e. The van der Waals surface area contributed by atoms with Crippen molar-refractivity contribution in [1.82, 2.24) is 25.3 Å². The van der Waals surface area contributed by atoms with Crippen LogP contribution < -0.4 is 5.32 Å². The highest BCUT2D eigenvalue weighted by Crippen LogP contribution is 2.21. The van der Waals surface area contributed by atoms with Crippen LogP contribution in [0.3, 0.4) is 0 Å². The van der Waals surface area contributed by atoms with Gasteiger partial charge in [-0.1, -0.05) is 6.07 Å². The van der Waals surface area contributed by atoms with Crippen LogP contribution in [0.5, 0.6) is 0 Å². The molecule has 3 rings (SSSR count). The Kier molecular flexibility index (Phi) is 4.05. The number of thiazole rings is 1. The Balaban J connectivity index is 1.58. The summed E-state index contributed by atoms with van der Waals surface area (Å²) in [5.41, 5.74) is 2.91. The summed E-state index contributed by atoms with van der Waals surface area (Å²) >= 11 is 1.61. The number of pyridine rings is 1. The summed E-state index contributed by atoms with van der Waals surface area (Å²) < 4.78 is 0. The molecule has 0 aromatic carbocycles. The highest BCUT2D eigenvalue weighted by Gasteiger charge is 2.05. The van der Waals surface area contributed by atoms with Crippen molar-refractivity contribution in [2.45, 2.75) is 13.1 Å². The van der Waals surface area contributed by atoms with Gasteiger partial charge in [-0.3, -0.25) is 4.98 Å². The van der Waals surface area contributed by atoms with E-state index in [0.717, 1.165) is 22.1 Å². The van der Waals surface area contributed by atoms with Crippen LogP contribution in [-0.4, -0.2) is 19.9 Å². The van der Waals surface area contributed by atoms with E-state index in [1.54, 1.807) is 30.1 Å². The highest BCUT2D eigenvalue weighted by molar-refractivity contribution is 7.13. The van der Waals surface area contributed by atoms with Gasteiger partial charge in [0.05, 0.1) is 17.1 Å².